The van der Waals surface area contributed by atoms with Gasteiger partial charge in [-0.25, -0.2) is 13.2 Å². The minimum absolute atomic E-state index is 0.216. The SMILES string of the molecule is COC(=O)C(NS(=O)(=O)[C@@H]1O[C@H](COC(C)=O)[C@@H](OC(C)=O)[C@H](OC(C)=O)[C@H]1OC(C)=O)c1ccccc1. The Morgan fingerprint density at radius 1 is 0.842 bits per heavy atom. The van der Waals surface area contributed by atoms with E-state index in [1.54, 1.807) is 18.2 Å². The third-order valence-electron chi connectivity index (χ3n) is 5.11. The van der Waals surface area contributed by atoms with Crippen molar-refractivity contribution in [2.45, 2.75) is 63.6 Å². The van der Waals surface area contributed by atoms with Gasteiger partial charge in [-0.05, 0) is 5.56 Å². The molecule has 1 aromatic carbocycles. The third kappa shape index (κ3) is 8.22. The van der Waals surface area contributed by atoms with Crippen molar-refractivity contribution in [1.82, 2.24) is 4.72 Å². The highest BCUT2D eigenvalue weighted by Crippen LogP contribution is 2.32. The van der Waals surface area contributed by atoms with Crippen LogP contribution in [0.5, 0.6) is 0 Å². The molecule has 0 spiro atoms. The highest BCUT2D eigenvalue weighted by atomic mass is 32.2. The predicted molar refractivity (Wildman–Crippen MR) is 125 cm³/mol. The van der Waals surface area contributed by atoms with E-state index < -0.39 is 82.4 Å². The Morgan fingerprint density at radius 3 is 1.87 bits per heavy atom. The second kappa shape index (κ2) is 13.3. The Bertz CT molecular complexity index is 1140. The summed E-state index contributed by atoms with van der Waals surface area (Å²) >= 11 is 0. The van der Waals surface area contributed by atoms with E-state index in [-0.39, 0.29) is 5.56 Å². The van der Waals surface area contributed by atoms with Crippen LogP contribution in [0.25, 0.3) is 0 Å². The van der Waals surface area contributed by atoms with E-state index in [2.05, 4.69) is 4.72 Å². The first-order chi connectivity index (χ1) is 17.8. The minimum Gasteiger partial charge on any atom is -0.468 e. The van der Waals surface area contributed by atoms with Gasteiger partial charge >= 0.3 is 29.8 Å². The quantitative estimate of drug-likeness (QED) is 0.296. The molecule has 2 rings (SSSR count). The number of rotatable bonds is 10. The van der Waals surface area contributed by atoms with Crippen LogP contribution in [0.4, 0.5) is 0 Å². The molecule has 0 aromatic heterocycles. The summed E-state index contributed by atoms with van der Waals surface area (Å²) in [5.74, 6) is -4.53. The van der Waals surface area contributed by atoms with Gasteiger partial charge in [-0.15, -0.1) is 0 Å². The van der Waals surface area contributed by atoms with Crippen LogP contribution >= 0.6 is 0 Å². The van der Waals surface area contributed by atoms with Crippen molar-refractivity contribution in [3.05, 3.63) is 35.9 Å². The van der Waals surface area contributed by atoms with Gasteiger partial charge in [0.05, 0.1) is 7.11 Å². The monoisotopic (exact) mass is 559 g/mol. The molecule has 0 aliphatic carbocycles. The van der Waals surface area contributed by atoms with E-state index in [4.69, 9.17) is 28.4 Å². The van der Waals surface area contributed by atoms with E-state index >= 15 is 0 Å². The molecule has 0 radical (unpaired) electrons. The predicted octanol–water partition coefficient (Wildman–Crippen LogP) is -0.0968. The Morgan fingerprint density at radius 2 is 1.37 bits per heavy atom. The van der Waals surface area contributed by atoms with Crippen LogP contribution in [-0.4, -0.2) is 81.8 Å². The van der Waals surface area contributed by atoms with Crippen molar-refractivity contribution in [2.24, 2.45) is 0 Å². The second-order valence-electron chi connectivity index (χ2n) is 8.10. The number of benzene rings is 1. The first-order valence-corrected chi connectivity index (χ1v) is 12.8. The zero-order valence-electron chi connectivity index (χ0n) is 21.3. The van der Waals surface area contributed by atoms with Gasteiger partial charge in [-0.1, -0.05) is 30.3 Å². The topological polar surface area (TPSA) is 187 Å². The van der Waals surface area contributed by atoms with Crippen LogP contribution in [0, 0.1) is 0 Å². The molecule has 6 atom stereocenters. The van der Waals surface area contributed by atoms with Crippen LogP contribution in [0.1, 0.15) is 39.3 Å². The average molecular weight is 560 g/mol. The summed E-state index contributed by atoms with van der Waals surface area (Å²) in [5.41, 5.74) is -1.91. The van der Waals surface area contributed by atoms with Crippen LogP contribution in [0.2, 0.25) is 0 Å². The highest BCUT2D eigenvalue weighted by Gasteiger charge is 2.56. The zero-order valence-corrected chi connectivity index (χ0v) is 22.1. The Balaban J connectivity index is 2.61. The van der Waals surface area contributed by atoms with Gasteiger partial charge in [0.25, 0.3) is 0 Å². The lowest BCUT2D eigenvalue weighted by Gasteiger charge is -2.44. The van der Waals surface area contributed by atoms with Crippen molar-refractivity contribution < 1.29 is 60.8 Å². The lowest BCUT2D eigenvalue weighted by molar-refractivity contribution is -0.238. The molecule has 1 aliphatic rings. The van der Waals surface area contributed by atoms with Gasteiger partial charge in [0, 0.05) is 27.7 Å². The summed E-state index contributed by atoms with van der Waals surface area (Å²) in [6.07, 6.45) is -6.61. The maximum Gasteiger partial charge on any atom is 0.328 e. The first-order valence-electron chi connectivity index (χ1n) is 11.2. The molecule has 1 heterocycles. The smallest absolute Gasteiger partial charge is 0.328 e. The fourth-order valence-electron chi connectivity index (χ4n) is 3.69. The highest BCUT2D eigenvalue weighted by molar-refractivity contribution is 7.90. The fraction of sp³-hybridized carbons (Fsp3) is 0.522. The molecule has 0 amide bonds. The van der Waals surface area contributed by atoms with E-state index in [1.165, 1.54) is 12.1 Å². The maximum atomic E-state index is 13.6. The molecule has 1 unspecified atom stereocenters. The largest absolute Gasteiger partial charge is 0.468 e. The Hall–Kier alpha value is -3.56. The molecule has 14 nitrogen and oxygen atoms in total. The number of esters is 5. The molecule has 1 fully saturated rings. The summed E-state index contributed by atoms with van der Waals surface area (Å²) in [6, 6.07) is 6.17. The van der Waals surface area contributed by atoms with Crippen LogP contribution in [0.15, 0.2) is 30.3 Å². The van der Waals surface area contributed by atoms with E-state index in [0.29, 0.717) is 0 Å². The standard InChI is InChI=1S/C23H29NO13S/c1-12(25)33-11-17-19(34-13(2)26)20(35-14(3)27)21(36-15(4)28)23(37-17)38(30,31)24-18(22(29)32-5)16-9-7-6-8-10-16/h6-10,17-21,23-24H,11H2,1-5H3/t17-,18?,19-,20+,21-,23+/m1/s1. The van der Waals surface area contributed by atoms with Crippen molar-refractivity contribution in [1.29, 1.82) is 0 Å². The fourth-order valence-corrected chi connectivity index (χ4v) is 5.23. The van der Waals surface area contributed by atoms with Gasteiger partial charge in [0.15, 0.2) is 18.3 Å². The third-order valence-corrected chi connectivity index (χ3v) is 6.66. The van der Waals surface area contributed by atoms with Gasteiger partial charge in [-0.3, -0.25) is 19.2 Å². The molecule has 38 heavy (non-hydrogen) atoms. The van der Waals surface area contributed by atoms with Crippen LogP contribution < -0.4 is 4.72 Å². The van der Waals surface area contributed by atoms with Gasteiger partial charge in [-0.2, -0.15) is 4.72 Å². The summed E-state index contributed by atoms with van der Waals surface area (Å²) in [5, 5.41) is 0. The lowest BCUT2D eigenvalue weighted by Crippen LogP contribution is -2.65. The molecule has 15 heteroatoms. The average Bonchev–Trinajstić information content (AvgIpc) is 2.82. The van der Waals surface area contributed by atoms with Crippen molar-refractivity contribution in [2.75, 3.05) is 13.7 Å². The molecular weight excluding hydrogens is 530 g/mol. The number of sulfonamides is 1. The maximum absolute atomic E-state index is 13.6. The number of hydrogen-bond donors (Lipinski definition) is 1. The van der Waals surface area contributed by atoms with Crippen molar-refractivity contribution in [3.8, 4) is 0 Å². The van der Waals surface area contributed by atoms with Gasteiger partial charge in [0.2, 0.25) is 15.5 Å². The Labute approximate surface area is 218 Å². The van der Waals surface area contributed by atoms with Crippen molar-refractivity contribution in [3.63, 3.8) is 0 Å². The normalized spacial score (nSPS) is 23.9. The second-order valence-corrected chi connectivity index (χ2v) is 9.89. The van der Waals surface area contributed by atoms with Crippen LogP contribution in [0.3, 0.4) is 0 Å². The minimum atomic E-state index is -4.80. The first kappa shape index (κ1) is 30.7. The van der Waals surface area contributed by atoms with Gasteiger partial charge in [0.1, 0.15) is 18.8 Å². The number of hydrogen-bond acceptors (Lipinski definition) is 13. The number of methoxy groups -OCH3 is 1. The number of carbonyl (C=O) groups excluding carboxylic acids is 5. The van der Waals surface area contributed by atoms with E-state index in [9.17, 15) is 32.4 Å². The number of carbonyl (C=O) groups is 5. The van der Waals surface area contributed by atoms with E-state index in [0.717, 1.165) is 34.8 Å². The summed E-state index contributed by atoms with van der Waals surface area (Å²) < 4.78 is 60.4. The molecule has 1 aromatic rings. The molecule has 210 valence electrons. The van der Waals surface area contributed by atoms with E-state index in [1.807, 2.05) is 0 Å². The molecule has 0 bridgehead atoms. The molecule has 0 saturated carbocycles. The summed E-state index contributed by atoms with van der Waals surface area (Å²) in [6.45, 7) is 3.44. The van der Waals surface area contributed by atoms with Gasteiger partial charge < -0.3 is 28.4 Å². The Kier molecular flexibility index (Phi) is 10.7. The molecular formula is C23H29NO13S. The number of nitrogens with one attached hydrogen (secondary N) is 1. The van der Waals surface area contributed by atoms with Crippen LogP contribution in [-0.2, 0) is 62.4 Å². The molecule has 1 aliphatic heterocycles. The zero-order chi connectivity index (χ0) is 28.6. The summed E-state index contributed by atoms with van der Waals surface area (Å²) in [4.78, 5) is 59.7. The molecule has 1 saturated heterocycles. The lowest BCUT2D eigenvalue weighted by atomic mass is 9.99. The number of ether oxygens (including phenoxy) is 6. The summed E-state index contributed by atoms with van der Waals surface area (Å²) in [7, 11) is -3.74. The molecule has 1 N–H and O–H groups in total. The van der Waals surface area contributed by atoms with Crippen molar-refractivity contribution >= 4 is 39.9 Å².